The molecule has 1 N–H and O–H groups in total. The summed E-state index contributed by atoms with van der Waals surface area (Å²) in [5.41, 5.74) is 0.402. The molecule has 0 saturated heterocycles. The minimum atomic E-state index is -0.180. The molecule has 0 radical (unpaired) electrons. The van der Waals surface area contributed by atoms with Crippen molar-refractivity contribution >= 4 is 16.8 Å². The summed E-state index contributed by atoms with van der Waals surface area (Å²) in [7, 11) is 1.70. The molecule has 140 valence electrons. The second-order valence-corrected chi connectivity index (χ2v) is 6.93. The lowest BCUT2D eigenvalue weighted by atomic mass is 9.86. The standard InChI is InChI=1S/C19H26N4O3/c1-3-14(20-18(24)13-7-6-8-15(11-13)26-2)12-23-19(25)16-9-4-5-10-17(16)21-22-23/h4-5,9-10,13-15H,3,6-8,11-12H2,1-2H3,(H,20,24)/t13?,14-,15?/m1/s1. The van der Waals surface area contributed by atoms with Gasteiger partial charge in [0.1, 0.15) is 5.52 Å². The van der Waals surface area contributed by atoms with Crippen molar-refractivity contribution in [2.45, 2.75) is 57.7 Å². The van der Waals surface area contributed by atoms with Crippen LogP contribution in [0.4, 0.5) is 0 Å². The highest BCUT2D eigenvalue weighted by molar-refractivity contribution is 5.79. The van der Waals surface area contributed by atoms with Crippen LogP contribution in [0, 0.1) is 5.92 Å². The van der Waals surface area contributed by atoms with E-state index < -0.39 is 0 Å². The summed E-state index contributed by atoms with van der Waals surface area (Å²) >= 11 is 0. The molecule has 26 heavy (non-hydrogen) atoms. The zero-order valence-electron chi connectivity index (χ0n) is 15.4. The third kappa shape index (κ3) is 4.09. The lowest BCUT2D eigenvalue weighted by Gasteiger charge is -2.28. The van der Waals surface area contributed by atoms with Gasteiger partial charge in [-0.05, 0) is 37.8 Å². The second kappa shape index (κ2) is 8.40. The van der Waals surface area contributed by atoms with Crippen molar-refractivity contribution in [1.82, 2.24) is 20.3 Å². The molecule has 1 aromatic heterocycles. The first-order chi connectivity index (χ1) is 12.6. The Kier molecular flexibility index (Phi) is 5.98. The summed E-state index contributed by atoms with van der Waals surface area (Å²) in [5, 5.41) is 11.7. The van der Waals surface area contributed by atoms with Crippen LogP contribution in [0.1, 0.15) is 39.0 Å². The molecule has 1 aliphatic carbocycles. The number of hydrogen-bond donors (Lipinski definition) is 1. The number of carbonyl (C=O) groups is 1. The summed E-state index contributed by atoms with van der Waals surface area (Å²) in [6.45, 7) is 2.31. The predicted molar refractivity (Wildman–Crippen MR) is 98.8 cm³/mol. The smallest absolute Gasteiger partial charge is 0.277 e. The number of aromatic nitrogens is 3. The van der Waals surface area contributed by atoms with Gasteiger partial charge in [-0.15, -0.1) is 5.10 Å². The van der Waals surface area contributed by atoms with E-state index in [1.54, 1.807) is 19.2 Å². The Labute approximate surface area is 152 Å². The van der Waals surface area contributed by atoms with Gasteiger partial charge < -0.3 is 10.1 Å². The predicted octanol–water partition coefficient (Wildman–Crippen LogP) is 1.89. The Morgan fingerprint density at radius 2 is 2.19 bits per heavy atom. The fraction of sp³-hybridized carbons (Fsp3) is 0.579. The van der Waals surface area contributed by atoms with Gasteiger partial charge in [-0.3, -0.25) is 9.59 Å². The first-order valence-corrected chi connectivity index (χ1v) is 9.28. The van der Waals surface area contributed by atoms with Crippen LogP contribution < -0.4 is 10.9 Å². The highest BCUT2D eigenvalue weighted by atomic mass is 16.5. The summed E-state index contributed by atoms with van der Waals surface area (Å²) in [4.78, 5) is 25.2. The van der Waals surface area contributed by atoms with Gasteiger partial charge in [-0.1, -0.05) is 30.7 Å². The third-order valence-corrected chi connectivity index (χ3v) is 5.19. The number of carbonyl (C=O) groups excluding carboxylic acids is 1. The Morgan fingerprint density at radius 1 is 1.38 bits per heavy atom. The SMILES string of the molecule is CC[C@H](Cn1nnc2ccccc2c1=O)NC(=O)C1CCCC(OC)C1. The van der Waals surface area contributed by atoms with E-state index in [0.717, 1.165) is 25.7 Å². The molecule has 1 amide bonds. The van der Waals surface area contributed by atoms with Crippen LogP contribution >= 0.6 is 0 Å². The molecule has 7 nitrogen and oxygen atoms in total. The van der Waals surface area contributed by atoms with Gasteiger partial charge in [0.2, 0.25) is 5.91 Å². The van der Waals surface area contributed by atoms with Crippen molar-refractivity contribution in [3.63, 3.8) is 0 Å². The zero-order chi connectivity index (χ0) is 18.5. The maximum atomic E-state index is 12.6. The highest BCUT2D eigenvalue weighted by Gasteiger charge is 2.28. The fourth-order valence-corrected chi connectivity index (χ4v) is 3.54. The van der Waals surface area contributed by atoms with Gasteiger partial charge in [0.25, 0.3) is 5.56 Å². The van der Waals surface area contributed by atoms with E-state index in [4.69, 9.17) is 4.74 Å². The number of methoxy groups -OCH3 is 1. The van der Waals surface area contributed by atoms with Crippen molar-refractivity contribution < 1.29 is 9.53 Å². The summed E-state index contributed by atoms with van der Waals surface area (Å²) in [6.07, 6.45) is 4.54. The van der Waals surface area contributed by atoms with Crippen molar-refractivity contribution in [1.29, 1.82) is 0 Å². The number of benzene rings is 1. The normalized spacial score (nSPS) is 21.5. The van der Waals surface area contributed by atoms with Gasteiger partial charge in [0.15, 0.2) is 0 Å². The van der Waals surface area contributed by atoms with Crippen LogP contribution in [0.5, 0.6) is 0 Å². The Morgan fingerprint density at radius 3 is 2.96 bits per heavy atom. The second-order valence-electron chi connectivity index (χ2n) is 6.93. The van der Waals surface area contributed by atoms with Crippen LogP contribution in [0.15, 0.2) is 29.1 Å². The van der Waals surface area contributed by atoms with Crippen LogP contribution in [-0.2, 0) is 16.1 Å². The van der Waals surface area contributed by atoms with Crippen molar-refractivity contribution in [3.8, 4) is 0 Å². The Balaban J connectivity index is 1.69. The van der Waals surface area contributed by atoms with Crippen molar-refractivity contribution in [2.24, 2.45) is 5.92 Å². The molecule has 1 fully saturated rings. The molecular formula is C19H26N4O3. The largest absolute Gasteiger partial charge is 0.381 e. The molecule has 0 bridgehead atoms. The van der Waals surface area contributed by atoms with E-state index in [0.29, 0.717) is 23.9 Å². The van der Waals surface area contributed by atoms with Crippen LogP contribution in [0.25, 0.3) is 10.9 Å². The number of amides is 1. The molecule has 2 unspecified atom stereocenters. The molecule has 1 aromatic carbocycles. The lowest BCUT2D eigenvalue weighted by molar-refractivity contribution is -0.128. The molecule has 1 heterocycles. The van der Waals surface area contributed by atoms with Gasteiger partial charge in [-0.2, -0.15) is 0 Å². The molecule has 7 heteroatoms. The first kappa shape index (κ1) is 18.5. The molecule has 0 spiro atoms. The first-order valence-electron chi connectivity index (χ1n) is 9.28. The van der Waals surface area contributed by atoms with E-state index in [1.807, 2.05) is 19.1 Å². The number of nitrogens with one attached hydrogen (secondary N) is 1. The molecule has 3 atom stereocenters. The van der Waals surface area contributed by atoms with Gasteiger partial charge in [0, 0.05) is 19.1 Å². The average Bonchev–Trinajstić information content (AvgIpc) is 2.69. The van der Waals surface area contributed by atoms with Crippen LogP contribution in [-0.4, -0.2) is 40.2 Å². The lowest BCUT2D eigenvalue weighted by Crippen LogP contribution is -2.44. The molecule has 1 aliphatic rings. The highest BCUT2D eigenvalue weighted by Crippen LogP contribution is 2.26. The minimum Gasteiger partial charge on any atom is -0.381 e. The monoisotopic (exact) mass is 358 g/mol. The summed E-state index contributed by atoms with van der Waals surface area (Å²) in [6, 6.07) is 6.99. The number of ether oxygens (including phenoxy) is 1. The van der Waals surface area contributed by atoms with Crippen LogP contribution in [0.3, 0.4) is 0 Å². The van der Waals surface area contributed by atoms with E-state index in [2.05, 4.69) is 15.6 Å². The zero-order valence-corrected chi connectivity index (χ0v) is 15.4. The van der Waals surface area contributed by atoms with E-state index in [9.17, 15) is 9.59 Å². The van der Waals surface area contributed by atoms with Gasteiger partial charge >= 0.3 is 0 Å². The average molecular weight is 358 g/mol. The minimum absolute atomic E-state index is 0.0258. The third-order valence-electron chi connectivity index (χ3n) is 5.19. The summed E-state index contributed by atoms with van der Waals surface area (Å²) < 4.78 is 6.75. The van der Waals surface area contributed by atoms with Gasteiger partial charge in [0.05, 0.1) is 18.0 Å². The Hall–Kier alpha value is -2.28. The van der Waals surface area contributed by atoms with Crippen LogP contribution in [0.2, 0.25) is 0 Å². The number of rotatable bonds is 6. The van der Waals surface area contributed by atoms with E-state index >= 15 is 0 Å². The number of hydrogen-bond acceptors (Lipinski definition) is 5. The molecule has 3 rings (SSSR count). The van der Waals surface area contributed by atoms with E-state index in [1.165, 1.54) is 4.68 Å². The molecule has 2 aromatic rings. The number of nitrogens with zero attached hydrogens (tertiary/aromatic N) is 3. The molecule has 0 aliphatic heterocycles. The topological polar surface area (TPSA) is 86.1 Å². The number of fused-ring (bicyclic) bond motifs is 1. The maximum absolute atomic E-state index is 12.6. The molecule has 1 saturated carbocycles. The fourth-order valence-electron chi connectivity index (χ4n) is 3.54. The van der Waals surface area contributed by atoms with E-state index in [-0.39, 0.29) is 29.5 Å². The Bertz CT molecular complexity index is 820. The van der Waals surface area contributed by atoms with Crippen molar-refractivity contribution in [2.75, 3.05) is 7.11 Å². The quantitative estimate of drug-likeness (QED) is 0.852. The maximum Gasteiger partial charge on any atom is 0.277 e. The van der Waals surface area contributed by atoms with Crippen molar-refractivity contribution in [3.05, 3.63) is 34.6 Å². The summed E-state index contributed by atoms with van der Waals surface area (Å²) in [5.74, 6) is 0.0163. The van der Waals surface area contributed by atoms with Gasteiger partial charge in [-0.25, -0.2) is 4.68 Å². The molecular weight excluding hydrogens is 332 g/mol.